The standard InChI is InChI=1S/C13H25N3O/c1-5-9-14-13(12(6-2)17-4)11-8-10-15-16(11)7-3/h8,10,12-14H,5-7,9H2,1-4H3. The van der Waals surface area contributed by atoms with E-state index < -0.39 is 0 Å². The minimum Gasteiger partial charge on any atom is -0.379 e. The van der Waals surface area contributed by atoms with Crippen LogP contribution in [0, 0.1) is 0 Å². The maximum absolute atomic E-state index is 5.58. The van der Waals surface area contributed by atoms with Crippen LogP contribution in [-0.4, -0.2) is 29.5 Å². The van der Waals surface area contributed by atoms with Crippen LogP contribution in [0.1, 0.15) is 45.3 Å². The second-order valence-electron chi connectivity index (χ2n) is 4.19. The fourth-order valence-electron chi connectivity index (χ4n) is 2.14. The Kier molecular flexibility index (Phi) is 6.22. The third-order valence-electron chi connectivity index (χ3n) is 3.06. The molecule has 0 saturated heterocycles. The van der Waals surface area contributed by atoms with Gasteiger partial charge >= 0.3 is 0 Å². The topological polar surface area (TPSA) is 39.1 Å². The highest BCUT2D eigenvalue weighted by Crippen LogP contribution is 2.21. The number of hydrogen-bond acceptors (Lipinski definition) is 3. The molecule has 1 aromatic rings. The molecule has 1 N–H and O–H groups in total. The van der Waals surface area contributed by atoms with Crippen LogP contribution < -0.4 is 5.32 Å². The molecular formula is C13H25N3O. The summed E-state index contributed by atoms with van der Waals surface area (Å²) < 4.78 is 7.62. The van der Waals surface area contributed by atoms with Crippen molar-refractivity contribution in [1.82, 2.24) is 15.1 Å². The summed E-state index contributed by atoms with van der Waals surface area (Å²) in [5.74, 6) is 0. The van der Waals surface area contributed by atoms with Crippen molar-refractivity contribution in [3.8, 4) is 0 Å². The third-order valence-corrected chi connectivity index (χ3v) is 3.06. The molecule has 1 rings (SSSR count). The van der Waals surface area contributed by atoms with E-state index in [-0.39, 0.29) is 12.1 Å². The van der Waals surface area contributed by atoms with Crippen molar-refractivity contribution in [1.29, 1.82) is 0 Å². The molecule has 1 aromatic heterocycles. The van der Waals surface area contributed by atoms with Crippen molar-refractivity contribution in [3.05, 3.63) is 18.0 Å². The molecule has 0 spiro atoms. The molecule has 4 heteroatoms. The number of ether oxygens (including phenoxy) is 1. The van der Waals surface area contributed by atoms with E-state index in [9.17, 15) is 0 Å². The SMILES string of the molecule is CCCNC(c1ccnn1CC)C(CC)OC. The van der Waals surface area contributed by atoms with Crippen LogP contribution >= 0.6 is 0 Å². The summed E-state index contributed by atoms with van der Waals surface area (Å²) >= 11 is 0. The lowest BCUT2D eigenvalue weighted by atomic mass is 10.0. The minimum atomic E-state index is 0.198. The molecule has 0 radical (unpaired) electrons. The van der Waals surface area contributed by atoms with Gasteiger partial charge in [0.05, 0.1) is 17.8 Å². The van der Waals surface area contributed by atoms with Gasteiger partial charge in [0, 0.05) is 19.9 Å². The lowest BCUT2D eigenvalue weighted by Gasteiger charge is -2.26. The first-order chi connectivity index (χ1) is 8.28. The van der Waals surface area contributed by atoms with E-state index in [4.69, 9.17) is 4.74 Å². The van der Waals surface area contributed by atoms with Gasteiger partial charge in [-0.05, 0) is 32.4 Å². The highest BCUT2D eigenvalue weighted by Gasteiger charge is 2.23. The molecule has 2 unspecified atom stereocenters. The van der Waals surface area contributed by atoms with Crippen molar-refractivity contribution in [3.63, 3.8) is 0 Å². The highest BCUT2D eigenvalue weighted by molar-refractivity contribution is 5.09. The molecule has 0 amide bonds. The van der Waals surface area contributed by atoms with E-state index in [1.54, 1.807) is 7.11 Å². The average Bonchev–Trinajstić information content (AvgIpc) is 2.82. The molecule has 0 bridgehead atoms. The van der Waals surface area contributed by atoms with E-state index >= 15 is 0 Å². The first kappa shape index (κ1) is 14.2. The molecular weight excluding hydrogens is 214 g/mol. The zero-order valence-corrected chi connectivity index (χ0v) is 11.4. The predicted octanol–water partition coefficient (Wildman–Crippen LogP) is 2.37. The highest BCUT2D eigenvalue weighted by atomic mass is 16.5. The number of nitrogens with zero attached hydrogens (tertiary/aromatic N) is 2. The van der Waals surface area contributed by atoms with E-state index in [0.717, 1.165) is 25.9 Å². The van der Waals surface area contributed by atoms with Gasteiger partial charge in [-0.25, -0.2) is 0 Å². The molecule has 0 aliphatic carbocycles. The Hall–Kier alpha value is -0.870. The molecule has 0 fully saturated rings. The van der Waals surface area contributed by atoms with Crippen LogP contribution in [0.3, 0.4) is 0 Å². The minimum absolute atomic E-state index is 0.198. The zero-order valence-electron chi connectivity index (χ0n) is 11.4. The number of hydrogen-bond donors (Lipinski definition) is 1. The Bertz CT molecular complexity index is 307. The summed E-state index contributed by atoms with van der Waals surface area (Å²) in [4.78, 5) is 0. The largest absolute Gasteiger partial charge is 0.379 e. The molecule has 2 atom stereocenters. The van der Waals surface area contributed by atoms with Crippen LogP contribution in [-0.2, 0) is 11.3 Å². The monoisotopic (exact) mass is 239 g/mol. The van der Waals surface area contributed by atoms with Gasteiger partial charge in [0.25, 0.3) is 0 Å². The first-order valence-corrected chi connectivity index (χ1v) is 6.56. The van der Waals surface area contributed by atoms with Crippen LogP contribution in [0.15, 0.2) is 12.3 Å². The second kappa shape index (κ2) is 7.45. The van der Waals surface area contributed by atoms with Crippen molar-refractivity contribution >= 4 is 0 Å². The lowest BCUT2D eigenvalue weighted by Crippen LogP contribution is -2.35. The van der Waals surface area contributed by atoms with Crippen molar-refractivity contribution in [2.24, 2.45) is 0 Å². The Morgan fingerprint density at radius 2 is 2.18 bits per heavy atom. The maximum atomic E-state index is 5.58. The smallest absolute Gasteiger partial charge is 0.0778 e. The van der Waals surface area contributed by atoms with E-state index in [1.807, 2.05) is 10.9 Å². The van der Waals surface area contributed by atoms with E-state index in [1.165, 1.54) is 5.69 Å². The summed E-state index contributed by atoms with van der Waals surface area (Å²) in [6, 6.07) is 2.31. The summed E-state index contributed by atoms with van der Waals surface area (Å²) in [5, 5.41) is 7.90. The average molecular weight is 239 g/mol. The summed E-state index contributed by atoms with van der Waals surface area (Å²) in [6.07, 6.45) is 4.18. The molecule has 0 aromatic carbocycles. The van der Waals surface area contributed by atoms with Gasteiger partial charge in [-0.2, -0.15) is 5.10 Å². The second-order valence-corrected chi connectivity index (χ2v) is 4.19. The summed E-state index contributed by atoms with van der Waals surface area (Å²) in [6.45, 7) is 8.34. The predicted molar refractivity (Wildman–Crippen MR) is 70.0 cm³/mol. The molecule has 98 valence electrons. The van der Waals surface area contributed by atoms with Crippen LogP contribution in [0.5, 0.6) is 0 Å². The van der Waals surface area contributed by atoms with Crippen molar-refractivity contribution < 1.29 is 4.74 Å². The molecule has 17 heavy (non-hydrogen) atoms. The van der Waals surface area contributed by atoms with Gasteiger partial charge in [-0.15, -0.1) is 0 Å². The maximum Gasteiger partial charge on any atom is 0.0778 e. The lowest BCUT2D eigenvalue weighted by molar-refractivity contribution is 0.0622. The van der Waals surface area contributed by atoms with Crippen molar-refractivity contribution in [2.45, 2.75) is 52.3 Å². The quantitative estimate of drug-likeness (QED) is 0.757. The first-order valence-electron chi connectivity index (χ1n) is 6.56. The van der Waals surface area contributed by atoms with Gasteiger partial charge < -0.3 is 10.1 Å². The van der Waals surface area contributed by atoms with Gasteiger partial charge in [0.15, 0.2) is 0 Å². The number of aryl methyl sites for hydroxylation is 1. The zero-order chi connectivity index (χ0) is 12.7. The van der Waals surface area contributed by atoms with E-state index in [2.05, 4.69) is 37.3 Å². The van der Waals surface area contributed by atoms with Crippen molar-refractivity contribution in [2.75, 3.05) is 13.7 Å². The van der Waals surface area contributed by atoms with E-state index in [0.29, 0.717) is 0 Å². The number of methoxy groups -OCH3 is 1. The molecule has 0 aliphatic heterocycles. The number of nitrogens with one attached hydrogen (secondary N) is 1. The molecule has 4 nitrogen and oxygen atoms in total. The fraction of sp³-hybridized carbons (Fsp3) is 0.769. The van der Waals surface area contributed by atoms with Gasteiger partial charge in [-0.3, -0.25) is 4.68 Å². The number of aromatic nitrogens is 2. The van der Waals surface area contributed by atoms with Crippen LogP contribution in [0.25, 0.3) is 0 Å². The Labute approximate surface area is 104 Å². The Morgan fingerprint density at radius 3 is 2.71 bits per heavy atom. The Morgan fingerprint density at radius 1 is 1.41 bits per heavy atom. The van der Waals surface area contributed by atoms with Crippen LogP contribution in [0.2, 0.25) is 0 Å². The van der Waals surface area contributed by atoms with Gasteiger partial charge in [0.2, 0.25) is 0 Å². The summed E-state index contributed by atoms with van der Waals surface area (Å²) in [5.41, 5.74) is 1.22. The van der Waals surface area contributed by atoms with Gasteiger partial charge in [-0.1, -0.05) is 13.8 Å². The summed E-state index contributed by atoms with van der Waals surface area (Å²) in [7, 11) is 1.78. The molecule has 0 saturated carbocycles. The van der Waals surface area contributed by atoms with Crippen LogP contribution in [0.4, 0.5) is 0 Å². The van der Waals surface area contributed by atoms with Gasteiger partial charge in [0.1, 0.15) is 0 Å². The fourth-order valence-corrected chi connectivity index (χ4v) is 2.14. The molecule has 0 aliphatic rings. The third kappa shape index (κ3) is 3.54. The number of rotatable bonds is 8. The normalized spacial score (nSPS) is 14.8. The Balaban J connectivity index is 2.88. The molecule has 1 heterocycles.